The molecule has 0 saturated carbocycles. The average Bonchev–Trinajstić information content (AvgIpc) is 3.63. The number of aromatic hydroxyl groups is 2. The Balaban J connectivity index is 1.30. The van der Waals surface area contributed by atoms with Gasteiger partial charge in [-0.1, -0.05) is 36.8 Å². The van der Waals surface area contributed by atoms with Gasteiger partial charge in [0.15, 0.2) is 0 Å². The van der Waals surface area contributed by atoms with Crippen LogP contribution in [0.1, 0.15) is 53.4 Å². The summed E-state index contributed by atoms with van der Waals surface area (Å²) in [6.45, 7) is 7.90. The van der Waals surface area contributed by atoms with Crippen LogP contribution in [0.3, 0.4) is 0 Å². The first-order valence-electron chi connectivity index (χ1n) is 14.3. The topological polar surface area (TPSA) is 172 Å². The van der Waals surface area contributed by atoms with E-state index in [1.54, 1.807) is 13.0 Å². The minimum absolute atomic E-state index is 0.0290. The second kappa shape index (κ2) is 13.4. The summed E-state index contributed by atoms with van der Waals surface area (Å²) in [6, 6.07) is 2.26. The van der Waals surface area contributed by atoms with Crippen molar-refractivity contribution in [3.05, 3.63) is 48.1 Å². The van der Waals surface area contributed by atoms with E-state index >= 15 is 0 Å². The summed E-state index contributed by atoms with van der Waals surface area (Å²) in [6.07, 6.45) is 6.89. The average molecular weight is 591 g/mol. The molecule has 4 heterocycles. The molecule has 3 aliphatic heterocycles. The van der Waals surface area contributed by atoms with Gasteiger partial charge < -0.3 is 44.8 Å². The molecule has 42 heavy (non-hydrogen) atoms. The number of nitrogens with zero attached hydrogens (tertiary/aromatic N) is 1. The van der Waals surface area contributed by atoms with Gasteiger partial charge in [0.05, 0.1) is 43.5 Å². The van der Waals surface area contributed by atoms with Gasteiger partial charge in [-0.3, -0.25) is 4.79 Å². The number of aliphatic hydroxyl groups excluding tert-OH is 2. The van der Waals surface area contributed by atoms with Crippen LogP contribution < -0.4 is 10.2 Å². The van der Waals surface area contributed by atoms with Crippen LogP contribution in [-0.2, 0) is 23.8 Å². The number of hydrogen-bond donors (Lipinski definition) is 5. The van der Waals surface area contributed by atoms with Crippen molar-refractivity contribution in [2.75, 3.05) is 6.61 Å². The lowest BCUT2D eigenvalue weighted by molar-refractivity contribution is -0.161. The minimum atomic E-state index is -0.906. The monoisotopic (exact) mass is 590 g/mol. The zero-order chi connectivity index (χ0) is 30.6. The number of allylic oxidation sites excluding steroid dienone is 2. The Morgan fingerprint density at radius 2 is 1.90 bits per heavy atom. The third-order valence-electron chi connectivity index (χ3n) is 7.96. The molecule has 0 radical (unpaired) electrons. The van der Waals surface area contributed by atoms with Crippen molar-refractivity contribution in [1.82, 2.24) is 10.0 Å². The van der Waals surface area contributed by atoms with Gasteiger partial charge in [0, 0.05) is 24.6 Å². The van der Waals surface area contributed by atoms with Crippen molar-refractivity contribution in [3.63, 3.8) is 0 Å². The molecule has 0 aromatic carbocycles. The van der Waals surface area contributed by atoms with Gasteiger partial charge in [-0.25, -0.2) is 4.79 Å². The van der Waals surface area contributed by atoms with E-state index in [2.05, 4.69) is 18.3 Å². The largest absolute Gasteiger partial charge is 0.492 e. The Labute approximate surface area is 245 Å². The maximum absolute atomic E-state index is 12.5. The molecule has 3 fully saturated rings. The van der Waals surface area contributed by atoms with Crippen molar-refractivity contribution < 1.29 is 49.1 Å². The quantitative estimate of drug-likeness (QED) is 0.153. The molecular weight excluding hydrogens is 548 g/mol. The van der Waals surface area contributed by atoms with Crippen LogP contribution in [0, 0.1) is 5.92 Å². The molecular formula is C30H42N2O10. The standard InChI is InChI=1S/C30H42N2O10/c1-17(5-8-23-18(2)13-22(20(4)40-23)31-25(34)10-7-19(3)33)6-9-24-29(38)30(16-39-30)15-21(41-24)14-28(37)42-32-26(35)11-12-27(32)36/h5-7,9-12,18-24,29,33,35-36,38H,8,13-16H2,1-4H3,(H,31,34). The van der Waals surface area contributed by atoms with Crippen LogP contribution in [0.5, 0.6) is 11.8 Å². The molecule has 5 N–H and O–H groups in total. The Morgan fingerprint density at radius 3 is 2.55 bits per heavy atom. The lowest BCUT2D eigenvalue weighted by Crippen LogP contribution is -2.50. The predicted octanol–water partition coefficient (Wildman–Crippen LogP) is 1.66. The van der Waals surface area contributed by atoms with Crippen molar-refractivity contribution >= 4 is 11.9 Å². The number of nitrogens with one attached hydrogen (secondary N) is 1. The molecule has 232 valence electrons. The maximum Gasteiger partial charge on any atom is 0.335 e. The Hall–Kier alpha value is -3.16. The van der Waals surface area contributed by atoms with Crippen molar-refractivity contribution in [2.24, 2.45) is 5.92 Å². The summed E-state index contributed by atoms with van der Waals surface area (Å²) in [5.41, 5.74) is 0.159. The van der Waals surface area contributed by atoms with Crippen molar-refractivity contribution in [1.29, 1.82) is 0 Å². The summed E-state index contributed by atoms with van der Waals surface area (Å²) in [5, 5.41) is 42.6. The number of carbonyl (C=O) groups excluding carboxylic acids is 2. The zero-order valence-corrected chi connectivity index (χ0v) is 24.4. The second-order valence-electron chi connectivity index (χ2n) is 11.6. The molecule has 1 aromatic heterocycles. The smallest absolute Gasteiger partial charge is 0.335 e. The van der Waals surface area contributed by atoms with Crippen LogP contribution in [0.25, 0.3) is 0 Å². The first-order valence-corrected chi connectivity index (χ1v) is 14.3. The molecule has 4 rings (SSSR count). The Morgan fingerprint density at radius 1 is 1.21 bits per heavy atom. The van der Waals surface area contributed by atoms with E-state index in [0.29, 0.717) is 24.2 Å². The molecule has 12 nitrogen and oxygen atoms in total. The number of ether oxygens (including phenoxy) is 3. The van der Waals surface area contributed by atoms with E-state index in [1.165, 1.54) is 24.3 Å². The molecule has 1 spiro atoms. The molecule has 9 unspecified atom stereocenters. The lowest BCUT2D eigenvalue weighted by atomic mass is 9.87. The third-order valence-corrected chi connectivity index (χ3v) is 7.96. The number of carbonyl (C=O) groups is 2. The molecule has 12 heteroatoms. The highest BCUT2D eigenvalue weighted by molar-refractivity contribution is 5.87. The SMILES string of the molecule is CC(C=CC1OC(CC(=O)On2c(O)ccc2O)CC2(CO2)C1O)=CCC1OC(C)C(NC(=O)C=CC(C)O)CC1C. The number of rotatable bonds is 10. The van der Waals surface area contributed by atoms with Gasteiger partial charge in [0.25, 0.3) is 0 Å². The van der Waals surface area contributed by atoms with E-state index in [4.69, 9.17) is 19.0 Å². The summed E-state index contributed by atoms with van der Waals surface area (Å²) in [4.78, 5) is 29.6. The summed E-state index contributed by atoms with van der Waals surface area (Å²) in [7, 11) is 0. The van der Waals surface area contributed by atoms with E-state index in [0.717, 1.165) is 12.0 Å². The summed E-state index contributed by atoms with van der Waals surface area (Å²) < 4.78 is 18.4. The molecule has 3 aliphatic rings. The van der Waals surface area contributed by atoms with E-state index in [9.17, 15) is 30.0 Å². The fourth-order valence-corrected chi connectivity index (χ4v) is 5.41. The van der Waals surface area contributed by atoms with Gasteiger partial charge in [0.2, 0.25) is 17.7 Å². The number of amides is 1. The summed E-state index contributed by atoms with van der Waals surface area (Å²) in [5.74, 6) is -1.61. The van der Waals surface area contributed by atoms with Gasteiger partial charge in [0.1, 0.15) is 17.8 Å². The Bertz CT molecular complexity index is 1180. The highest BCUT2D eigenvalue weighted by Crippen LogP contribution is 2.43. The molecule has 0 aliphatic carbocycles. The number of epoxide rings is 1. The first kappa shape index (κ1) is 31.8. The summed E-state index contributed by atoms with van der Waals surface area (Å²) >= 11 is 0. The van der Waals surface area contributed by atoms with Crippen LogP contribution >= 0.6 is 0 Å². The fraction of sp³-hybridized carbons (Fsp3) is 0.600. The number of aromatic nitrogens is 1. The van der Waals surface area contributed by atoms with Crippen LogP contribution in [0.4, 0.5) is 0 Å². The zero-order valence-electron chi connectivity index (χ0n) is 24.4. The normalized spacial score (nSPS) is 34.1. The highest BCUT2D eigenvalue weighted by Gasteiger charge is 2.58. The molecule has 9 atom stereocenters. The van der Waals surface area contributed by atoms with Crippen molar-refractivity contribution in [2.45, 2.75) is 102 Å². The fourth-order valence-electron chi connectivity index (χ4n) is 5.41. The first-order chi connectivity index (χ1) is 19.9. The molecule has 3 saturated heterocycles. The van der Waals surface area contributed by atoms with Gasteiger partial charge in [-0.2, -0.15) is 0 Å². The van der Waals surface area contributed by atoms with Gasteiger partial charge in [-0.05, 0) is 39.5 Å². The maximum atomic E-state index is 12.5. The molecule has 1 aromatic rings. The third kappa shape index (κ3) is 8.01. The number of hydrogen-bond acceptors (Lipinski definition) is 10. The van der Waals surface area contributed by atoms with E-state index < -0.39 is 47.7 Å². The van der Waals surface area contributed by atoms with Crippen molar-refractivity contribution in [3.8, 4) is 11.8 Å². The van der Waals surface area contributed by atoms with Crippen LogP contribution in [-0.4, -0.2) is 91.9 Å². The van der Waals surface area contributed by atoms with Crippen LogP contribution in [0.2, 0.25) is 0 Å². The van der Waals surface area contributed by atoms with Gasteiger partial charge >= 0.3 is 5.97 Å². The Kier molecular flexibility index (Phi) is 10.2. The minimum Gasteiger partial charge on any atom is -0.492 e. The highest BCUT2D eigenvalue weighted by atomic mass is 16.7. The second-order valence-corrected chi connectivity index (χ2v) is 11.6. The van der Waals surface area contributed by atoms with E-state index in [-0.39, 0.29) is 36.5 Å². The van der Waals surface area contributed by atoms with E-state index in [1.807, 2.05) is 19.9 Å². The van der Waals surface area contributed by atoms with Gasteiger partial charge in [-0.15, -0.1) is 4.73 Å². The predicted molar refractivity (Wildman–Crippen MR) is 150 cm³/mol. The van der Waals surface area contributed by atoms with Crippen LogP contribution in [0.15, 0.2) is 48.1 Å². The lowest BCUT2D eigenvalue weighted by Gasteiger charge is -2.39. The molecule has 1 amide bonds. The molecule has 0 bridgehead atoms. The number of aliphatic hydroxyl groups is 2.